The van der Waals surface area contributed by atoms with Crippen LogP contribution in [-0.4, -0.2) is 34.8 Å². The number of aromatic amines is 1. The van der Waals surface area contributed by atoms with Gasteiger partial charge in [-0.05, 0) is 65.9 Å². The van der Waals surface area contributed by atoms with Gasteiger partial charge >= 0.3 is 0 Å². The van der Waals surface area contributed by atoms with Crippen molar-refractivity contribution in [2.24, 2.45) is 0 Å². The molecule has 1 fully saturated rings. The van der Waals surface area contributed by atoms with Crippen molar-refractivity contribution < 1.29 is 18.7 Å². The highest BCUT2D eigenvalue weighted by atomic mass is 19.1. The highest BCUT2D eigenvalue weighted by Crippen LogP contribution is 2.29. The van der Waals surface area contributed by atoms with E-state index in [9.17, 15) is 14.0 Å². The van der Waals surface area contributed by atoms with Gasteiger partial charge in [-0.2, -0.15) is 0 Å². The Morgan fingerprint density at radius 1 is 0.950 bits per heavy atom. The van der Waals surface area contributed by atoms with Gasteiger partial charge in [-0.25, -0.2) is 4.39 Å². The molecular formula is C33H34FN3O3. The largest absolute Gasteiger partial charge is 0.497 e. The van der Waals surface area contributed by atoms with E-state index in [4.69, 9.17) is 4.74 Å². The maximum Gasteiger partial charge on any atom is 0.271 e. The van der Waals surface area contributed by atoms with Crippen LogP contribution in [0.15, 0.2) is 91.0 Å². The highest BCUT2D eigenvalue weighted by molar-refractivity contribution is 5.97. The fourth-order valence-electron chi connectivity index (χ4n) is 5.35. The highest BCUT2D eigenvalue weighted by Gasteiger charge is 2.34. The van der Waals surface area contributed by atoms with Gasteiger partial charge in [0, 0.05) is 18.3 Å². The average molecular weight is 540 g/mol. The first-order valence-electron chi connectivity index (χ1n) is 13.8. The number of rotatable bonds is 9. The third kappa shape index (κ3) is 6.42. The molecule has 3 aromatic carbocycles. The molecule has 0 aliphatic heterocycles. The third-order valence-electron chi connectivity index (χ3n) is 7.45. The maximum absolute atomic E-state index is 14.2. The number of aromatic nitrogens is 1. The van der Waals surface area contributed by atoms with E-state index in [0.717, 1.165) is 48.9 Å². The van der Waals surface area contributed by atoms with Crippen molar-refractivity contribution in [3.63, 3.8) is 0 Å². The molecule has 1 saturated carbocycles. The number of carbonyl (C=O) groups is 2. The molecule has 7 heteroatoms. The first-order chi connectivity index (χ1) is 19.5. The zero-order chi connectivity index (χ0) is 27.9. The Labute approximate surface area is 234 Å². The first-order valence-corrected chi connectivity index (χ1v) is 13.8. The van der Waals surface area contributed by atoms with Gasteiger partial charge in [-0.15, -0.1) is 0 Å². The number of benzene rings is 3. The van der Waals surface area contributed by atoms with Gasteiger partial charge in [0.1, 0.15) is 23.3 Å². The van der Waals surface area contributed by atoms with Gasteiger partial charge in [-0.1, -0.05) is 73.9 Å². The molecule has 2 amide bonds. The zero-order valence-electron chi connectivity index (χ0n) is 22.6. The van der Waals surface area contributed by atoms with Gasteiger partial charge in [-0.3, -0.25) is 9.59 Å². The van der Waals surface area contributed by atoms with Crippen molar-refractivity contribution in [3.05, 3.63) is 114 Å². The molecule has 4 aromatic rings. The van der Waals surface area contributed by atoms with Crippen molar-refractivity contribution in [3.8, 4) is 17.0 Å². The monoisotopic (exact) mass is 539 g/mol. The molecule has 6 nitrogen and oxygen atoms in total. The van der Waals surface area contributed by atoms with E-state index in [1.54, 1.807) is 30.2 Å². The lowest BCUT2D eigenvalue weighted by molar-refractivity contribution is -0.127. The van der Waals surface area contributed by atoms with Crippen LogP contribution in [-0.2, 0) is 11.3 Å². The van der Waals surface area contributed by atoms with Crippen molar-refractivity contribution in [2.75, 3.05) is 7.11 Å². The normalized spacial score (nSPS) is 14.3. The molecule has 1 aliphatic rings. The maximum atomic E-state index is 14.2. The van der Waals surface area contributed by atoms with Crippen LogP contribution < -0.4 is 10.1 Å². The number of hydrogen-bond donors (Lipinski definition) is 2. The summed E-state index contributed by atoms with van der Waals surface area (Å²) in [5, 5.41) is 3.20. The molecule has 0 spiro atoms. The Morgan fingerprint density at radius 2 is 1.70 bits per heavy atom. The van der Waals surface area contributed by atoms with Crippen LogP contribution in [0.25, 0.3) is 11.3 Å². The van der Waals surface area contributed by atoms with Gasteiger partial charge in [0.25, 0.3) is 5.91 Å². The third-order valence-corrected chi connectivity index (χ3v) is 7.45. The number of carbonyl (C=O) groups excluding carboxylic acids is 2. The number of nitrogens with zero attached hydrogens (tertiary/aromatic N) is 1. The molecule has 0 unspecified atom stereocenters. The Balaban J connectivity index is 1.54. The smallest absolute Gasteiger partial charge is 0.271 e. The SMILES string of the molecule is COc1cccc(CN(C(=O)c2ccc(-c3ccccc3)[nH]2)[C@H](C(=O)NC2CCCCC2)c2ccc(F)cc2)c1. The average Bonchev–Trinajstić information content (AvgIpc) is 3.49. The lowest BCUT2D eigenvalue weighted by Gasteiger charge is -2.33. The molecule has 0 saturated heterocycles. The minimum atomic E-state index is -0.968. The summed E-state index contributed by atoms with van der Waals surface area (Å²) in [6.07, 6.45) is 5.09. The summed E-state index contributed by atoms with van der Waals surface area (Å²) in [6.45, 7) is 0.149. The molecule has 5 rings (SSSR count). The fourth-order valence-corrected chi connectivity index (χ4v) is 5.35. The van der Waals surface area contributed by atoms with Crippen molar-refractivity contribution in [1.29, 1.82) is 0 Å². The summed E-state index contributed by atoms with van der Waals surface area (Å²) >= 11 is 0. The van der Waals surface area contributed by atoms with E-state index in [1.165, 1.54) is 12.1 Å². The van der Waals surface area contributed by atoms with Crippen molar-refractivity contribution in [2.45, 2.75) is 50.7 Å². The molecule has 1 aromatic heterocycles. The summed E-state index contributed by atoms with van der Waals surface area (Å²) in [4.78, 5) is 33.0. The molecule has 40 heavy (non-hydrogen) atoms. The molecule has 1 atom stereocenters. The second-order valence-corrected chi connectivity index (χ2v) is 10.2. The number of H-pyrrole nitrogens is 1. The van der Waals surface area contributed by atoms with E-state index in [1.807, 2.05) is 60.7 Å². The van der Waals surface area contributed by atoms with Crippen LogP contribution >= 0.6 is 0 Å². The lowest BCUT2D eigenvalue weighted by Crippen LogP contribution is -2.47. The molecule has 2 N–H and O–H groups in total. The van der Waals surface area contributed by atoms with Crippen LogP contribution in [0.4, 0.5) is 4.39 Å². The summed E-state index contributed by atoms with van der Waals surface area (Å²) in [5.74, 6) is -0.360. The number of nitrogens with one attached hydrogen (secondary N) is 2. The van der Waals surface area contributed by atoms with Crippen LogP contribution in [0.3, 0.4) is 0 Å². The first kappa shape index (κ1) is 27.2. The standard InChI is InChI=1S/C33H34FN3O3/c1-40-28-14-8-9-23(21-28)22-37(33(39)30-20-19-29(36-30)24-10-4-2-5-11-24)31(25-15-17-26(34)18-16-25)32(38)35-27-12-6-3-7-13-27/h2,4-5,8-11,14-21,27,31,36H,3,6-7,12-13,22H2,1H3,(H,35,38)/t31-/m0/s1. The number of amides is 2. The van der Waals surface area contributed by atoms with E-state index >= 15 is 0 Å². The van der Waals surface area contributed by atoms with E-state index in [0.29, 0.717) is 17.0 Å². The van der Waals surface area contributed by atoms with Crippen molar-refractivity contribution >= 4 is 11.8 Å². The number of methoxy groups -OCH3 is 1. The van der Waals surface area contributed by atoms with Gasteiger partial charge < -0.3 is 19.9 Å². The topological polar surface area (TPSA) is 74.4 Å². The number of halogens is 1. The molecule has 206 valence electrons. The second kappa shape index (κ2) is 12.6. The minimum Gasteiger partial charge on any atom is -0.497 e. The van der Waals surface area contributed by atoms with E-state index < -0.39 is 11.9 Å². The van der Waals surface area contributed by atoms with Crippen LogP contribution in [0.5, 0.6) is 5.75 Å². The molecular weight excluding hydrogens is 505 g/mol. The Morgan fingerprint density at radius 3 is 2.42 bits per heavy atom. The lowest BCUT2D eigenvalue weighted by atomic mass is 9.94. The molecule has 0 radical (unpaired) electrons. The van der Waals surface area contributed by atoms with Gasteiger partial charge in [0.2, 0.25) is 5.91 Å². The van der Waals surface area contributed by atoms with Gasteiger partial charge in [0.05, 0.1) is 7.11 Å². The summed E-state index contributed by atoms with van der Waals surface area (Å²) in [6, 6.07) is 25.7. The minimum absolute atomic E-state index is 0.0492. The predicted octanol–water partition coefficient (Wildman–Crippen LogP) is 6.66. The Bertz CT molecular complexity index is 1430. The Kier molecular flexibility index (Phi) is 8.59. The summed E-state index contributed by atoms with van der Waals surface area (Å²) < 4.78 is 19.4. The number of hydrogen-bond acceptors (Lipinski definition) is 3. The zero-order valence-corrected chi connectivity index (χ0v) is 22.6. The second-order valence-electron chi connectivity index (χ2n) is 10.2. The molecule has 1 heterocycles. The van der Waals surface area contributed by atoms with E-state index in [-0.39, 0.29) is 24.4 Å². The molecule has 0 bridgehead atoms. The van der Waals surface area contributed by atoms with Crippen molar-refractivity contribution in [1.82, 2.24) is 15.2 Å². The number of ether oxygens (including phenoxy) is 1. The quantitative estimate of drug-likeness (QED) is 0.250. The van der Waals surface area contributed by atoms with Crippen LogP contribution in [0.2, 0.25) is 0 Å². The Hall–Kier alpha value is -4.39. The van der Waals surface area contributed by atoms with E-state index in [2.05, 4.69) is 10.3 Å². The summed E-state index contributed by atoms with van der Waals surface area (Å²) in [5.41, 5.74) is 3.46. The van der Waals surface area contributed by atoms with Gasteiger partial charge in [0.15, 0.2) is 0 Å². The fraction of sp³-hybridized carbons (Fsp3) is 0.273. The van der Waals surface area contributed by atoms with Crippen LogP contribution in [0.1, 0.15) is 59.8 Å². The molecule has 1 aliphatic carbocycles. The van der Waals surface area contributed by atoms with Crippen LogP contribution in [0, 0.1) is 5.82 Å². The predicted molar refractivity (Wildman–Crippen MR) is 153 cm³/mol. The summed E-state index contributed by atoms with van der Waals surface area (Å²) in [7, 11) is 1.59.